The van der Waals surface area contributed by atoms with E-state index in [0.29, 0.717) is 23.7 Å². The van der Waals surface area contributed by atoms with Crippen LogP contribution in [-0.4, -0.2) is 25.8 Å². The number of nitrogens with one attached hydrogen (secondary N) is 2. The van der Waals surface area contributed by atoms with Crippen LogP contribution in [0, 0.1) is 0 Å². The second kappa shape index (κ2) is 7.35. The van der Waals surface area contributed by atoms with Crippen LogP contribution in [0.2, 0.25) is 5.02 Å². The topological polar surface area (TPSA) is 59.6 Å². The minimum absolute atomic E-state index is 0.102. The molecule has 1 aliphatic rings. The van der Waals surface area contributed by atoms with E-state index in [4.69, 9.17) is 21.1 Å². The Morgan fingerprint density at radius 2 is 2.00 bits per heavy atom. The first kappa shape index (κ1) is 15.6. The maximum Gasteiger partial charge on any atom is 0.238 e. The molecule has 0 spiro atoms. The number of carbonyl (C=O) groups is 1. The lowest BCUT2D eigenvalue weighted by molar-refractivity contribution is -0.115. The highest BCUT2D eigenvalue weighted by Crippen LogP contribution is 2.34. The van der Waals surface area contributed by atoms with E-state index in [1.54, 1.807) is 18.2 Å². The monoisotopic (exact) mass is 332 g/mol. The first-order valence-electron chi connectivity index (χ1n) is 7.35. The molecule has 2 aromatic carbocycles. The zero-order valence-corrected chi connectivity index (χ0v) is 13.2. The number of fused-ring (bicyclic) bond motifs is 1. The third kappa shape index (κ3) is 4.37. The van der Waals surface area contributed by atoms with Crippen molar-refractivity contribution in [3.05, 3.63) is 53.1 Å². The zero-order valence-electron chi connectivity index (χ0n) is 12.5. The molecule has 2 aromatic rings. The number of benzene rings is 2. The lowest BCUT2D eigenvalue weighted by atomic mass is 10.1. The van der Waals surface area contributed by atoms with Crippen molar-refractivity contribution in [2.45, 2.75) is 6.42 Å². The van der Waals surface area contributed by atoms with E-state index in [1.807, 2.05) is 24.3 Å². The van der Waals surface area contributed by atoms with E-state index in [1.165, 1.54) is 0 Å². The summed E-state index contributed by atoms with van der Waals surface area (Å²) in [5, 5.41) is 6.66. The van der Waals surface area contributed by atoms with Crippen molar-refractivity contribution < 1.29 is 14.3 Å². The number of hydrogen-bond donors (Lipinski definition) is 2. The molecule has 0 radical (unpaired) electrons. The van der Waals surface area contributed by atoms with Gasteiger partial charge < -0.3 is 20.1 Å². The molecular weight excluding hydrogens is 316 g/mol. The van der Waals surface area contributed by atoms with E-state index in [9.17, 15) is 4.79 Å². The van der Waals surface area contributed by atoms with Crippen molar-refractivity contribution in [3.8, 4) is 11.5 Å². The molecule has 0 aliphatic carbocycles. The maximum absolute atomic E-state index is 11.9. The van der Waals surface area contributed by atoms with Crippen LogP contribution in [0.3, 0.4) is 0 Å². The summed E-state index contributed by atoms with van der Waals surface area (Å²) in [4.78, 5) is 11.9. The second-order valence-electron chi connectivity index (χ2n) is 5.17. The van der Waals surface area contributed by atoms with Gasteiger partial charge >= 0.3 is 0 Å². The molecule has 5 nitrogen and oxygen atoms in total. The summed E-state index contributed by atoms with van der Waals surface area (Å²) in [7, 11) is 0. The number of hydrogen-bond acceptors (Lipinski definition) is 4. The highest BCUT2D eigenvalue weighted by atomic mass is 35.5. The van der Waals surface area contributed by atoms with Gasteiger partial charge in [-0.05, 0) is 42.8 Å². The van der Waals surface area contributed by atoms with Crippen LogP contribution in [0.15, 0.2) is 42.5 Å². The smallest absolute Gasteiger partial charge is 0.238 e. The summed E-state index contributed by atoms with van der Waals surface area (Å²) in [5.41, 5.74) is 1.83. The van der Waals surface area contributed by atoms with Crippen molar-refractivity contribution in [2.75, 3.05) is 25.2 Å². The first-order valence-corrected chi connectivity index (χ1v) is 7.73. The van der Waals surface area contributed by atoms with Crippen LogP contribution in [-0.2, 0) is 11.2 Å². The number of rotatable bonds is 6. The summed E-state index contributed by atoms with van der Waals surface area (Å²) in [5.74, 6) is 1.24. The van der Waals surface area contributed by atoms with Gasteiger partial charge in [0.2, 0.25) is 12.7 Å². The number of amides is 1. The van der Waals surface area contributed by atoms with Crippen LogP contribution in [0.5, 0.6) is 11.5 Å². The molecule has 0 fully saturated rings. The molecule has 0 bridgehead atoms. The number of carbonyl (C=O) groups excluding carboxylic acids is 1. The number of anilines is 1. The van der Waals surface area contributed by atoms with Gasteiger partial charge in [-0.1, -0.05) is 23.7 Å². The molecule has 1 amide bonds. The summed E-state index contributed by atoms with van der Waals surface area (Å²) < 4.78 is 10.5. The number of ether oxygens (including phenoxy) is 2. The molecule has 120 valence electrons. The minimum Gasteiger partial charge on any atom is -0.454 e. The third-order valence-corrected chi connectivity index (χ3v) is 3.66. The van der Waals surface area contributed by atoms with Gasteiger partial charge in [0.15, 0.2) is 11.5 Å². The minimum atomic E-state index is -0.102. The lowest BCUT2D eigenvalue weighted by Gasteiger charge is -2.08. The highest BCUT2D eigenvalue weighted by Gasteiger charge is 2.13. The molecule has 1 heterocycles. The standard InChI is InChI=1S/C17H17ClN2O3/c18-13-3-1-2-12(8-13)6-7-19-10-17(21)20-14-4-5-15-16(9-14)23-11-22-15/h1-5,8-9,19H,6-7,10-11H2,(H,20,21). The van der Waals surface area contributed by atoms with E-state index in [-0.39, 0.29) is 19.2 Å². The van der Waals surface area contributed by atoms with Gasteiger partial charge in [-0.2, -0.15) is 0 Å². The van der Waals surface area contributed by atoms with Gasteiger partial charge in [0.25, 0.3) is 0 Å². The van der Waals surface area contributed by atoms with Gasteiger partial charge in [-0.25, -0.2) is 0 Å². The van der Waals surface area contributed by atoms with Crippen LogP contribution < -0.4 is 20.1 Å². The summed E-state index contributed by atoms with van der Waals surface area (Å²) in [6.45, 7) is 1.17. The van der Waals surface area contributed by atoms with Gasteiger partial charge in [0.05, 0.1) is 6.54 Å². The molecule has 3 rings (SSSR count). The largest absolute Gasteiger partial charge is 0.454 e. The molecule has 0 saturated heterocycles. The van der Waals surface area contributed by atoms with Crippen LogP contribution in [0.4, 0.5) is 5.69 Å². The van der Waals surface area contributed by atoms with E-state index in [0.717, 1.165) is 17.0 Å². The molecule has 0 aromatic heterocycles. The second-order valence-corrected chi connectivity index (χ2v) is 5.61. The first-order chi connectivity index (χ1) is 11.2. The Balaban J connectivity index is 1.41. The lowest BCUT2D eigenvalue weighted by Crippen LogP contribution is -2.29. The summed E-state index contributed by atoms with van der Waals surface area (Å²) in [6, 6.07) is 13.0. The Morgan fingerprint density at radius 3 is 2.87 bits per heavy atom. The SMILES string of the molecule is O=C(CNCCc1cccc(Cl)c1)Nc1ccc2c(c1)OCO2. The van der Waals surface area contributed by atoms with Gasteiger partial charge in [0, 0.05) is 16.8 Å². The molecule has 2 N–H and O–H groups in total. The van der Waals surface area contributed by atoms with Crippen LogP contribution in [0.25, 0.3) is 0 Å². The van der Waals surface area contributed by atoms with Crippen LogP contribution >= 0.6 is 11.6 Å². The quantitative estimate of drug-likeness (QED) is 0.799. The normalized spacial score (nSPS) is 12.2. The predicted molar refractivity (Wildman–Crippen MR) is 89.2 cm³/mol. The van der Waals surface area contributed by atoms with Crippen molar-refractivity contribution in [3.63, 3.8) is 0 Å². The van der Waals surface area contributed by atoms with Crippen molar-refractivity contribution >= 4 is 23.2 Å². The Bertz CT molecular complexity index is 706. The molecular formula is C17H17ClN2O3. The molecule has 6 heteroatoms. The summed E-state index contributed by atoms with van der Waals surface area (Å²) in [6.07, 6.45) is 0.817. The van der Waals surface area contributed by atoms with Crippen LogP contribution in [0.1, 0.15) is 5.56 Å². The molecule has 23 heavy (non-hydrogen) atoms. The fraction of sp³-hybridized carbons (Fsp3) is 0.235. The highest BCUT2D eigenvalue weighted by molar-refractivity contribution is 6.30. The Kier molecular flexibility index (Phi) is 5.00. The Labute approximate surface area is 139 Å². The van der Waals surface area contributed by atoms with Gasteiger partial charge in [-0.15, -0.1) is 0 Å². The fourth-order valence-electron chi connectivity index (χ4n) is 2.31. The van der Waals surface area contributed by atoms with E-state index < -0.39 is 0 Å². The van der Waals surface area contributed by atoms with Crippen molar-refractivity contribution in [1.29, 1.82) is 0 Å². The number of halogens is 1. The zero-order chi connectivity index (χ0) is 16.1. The third-order valence-electron chi connectivity index (χ3n) is 3.42. The fourth-order valence-corrected chi connectivity index (χ4v) is 2.52. The maximum atomic E-state index is 11.9. The summed E-state index contributed by atoms with van der Waals surface area (Å²) >= 11 is 5.93. The molecule has 0 unspecified atom stereocenters. The Hall–Kier alpha value is -2.24. The average molecular weight is 333 g/mol. The van der Waals surface area contributed by atoms with E-state index in [2.05, 4.69) is 10.6 Å². The van der Waals surface area contributed by atoms with Crippen molar-refractivity contribution in [2.24, 2.45) is 0 Å². The van der Waals surface area contributed by atoms with Gasteiger partial charge in [-0.3, -0.25) is 4.79 Å². The molecule has 1 aliphatic heterocycles. The predicted octanol–water partition coefficient (Wildman–Crippen LogP) is 2.84. The van der Waals surface area contributed by atoms with E-state index >= 15 is 0 Å². The molecule has 0 saturated carbocycles. The Morgan fingerprint density at radius 1 is 1.13 bits per heavy atom. The van der Waals surface area contributed by atoms with Gasteiger partial charge in [0.1, 0.15) is 0 Å². The van der Waals surface area contributed by atoms with Crippen molar-refractivity contribution in [1.82, 2.24) is 5.32 Å². The molecule has 0 atom stereocenters. The average Bonchev–Trinajstić information content (AvgIpc) is 2.99.